The third-order valence-electron chi connectivity index (χ3n) is 5.21. The lowest BCUT2D eigenvalue weighted by Gasteiger charge is -2.35. The van der Waals surface area contributed by atoms with Gasteiger partial charge in [-0.1, -0.05) is 11.6 Å². The van der Waals surface area contributed by atoms with Crippen molar-refractivity contribution in [2.75, 3.05) is 24.2 Å². The average Bonchev–Trinajstić information content (AvgIpc) is 2.70. The molecule has 3 rings (SSSR count). The highest BCUT2D eigenvalue weighted by Crippen LogP contribution is 2.26. The van der Waals surface area contributed by atoms with Gasteiger partial charge in [-0.3, -0.25) is 4.79 Å². The van der Waals surface area contributed by atoms with Crippen LogP contribution in [0.15, 0.2) is 30.6 Å². The van der Waals surface area contributed by atoms with Crippen LogP contribution < -0.4 is 10.6 Å². The molecule has 1 aromatic carbocycles. The monoisotopic (exact) mass is 421 g/mol. The predicted octanol–water partition coefficient (Wildman–Crippen LogP) is 4.14. The van der Waals surface area contributed by atoms with Gasteiger partial charge in [-0.25, -0.2) is 14.4 Å². The number of rotatable bonds is 8. The second kappa shape index (κ2) is 9.84. The molecule has 1 saturated carbocycles. The van der Waals surface area contributed by atoms with Crippen LogP contribution in [0.3, 0.4) is 0 Å². The summed E-state index contributed by atoms with van der Waals surface area (Å²) >= 11 is 5.82. The molecule has 1 heterocycles. The molecular weight excluding hydrogens is 397 g/mol. The molecule has 0 spiro atoms. The van der Waals surface area contributed by atoms with E-state index in [1.54, 1.807) is 6.07 Å². The maximum absolute atomic E-state index is 13.3. The first-order valence-corrected chi connectivity index (χ1v) is 10.0. The first-order valence-electron chi connectivity index (χ1n) is 9.63. The number of nitrogens with zero attached hydrogens (tertiary/aromatic N) is 3. The molecule has 0 aliphatic heterocycles. The Kier molecular flexibility index (Phi) is 7.22. The highest BCUT2D eigenvalue weighted by atomic mass is 35.5. The number of carboxylic acids is 1. The summed E-state index contributed by atoms with van der Waals surface area (Å²) in [5, 5.41) is 15.4. The van der Waals surface area contributed by atoms with E-state index in [2.05, 4.69) is 25.5 Å². The number of aromatic nitrogens is 2. The molecule has 2 aromatic rings. The van der Waals surface area contributed by atoms with Gasteiger partial charge in [0.2, 0.25) is 0 Å². The number of benzene rings is 1. The summed E-state index contributed by atoms with van der Waals surface area (Å²) < 4.78 is 13.3. The molecule has 0 radical (unpaired) electrons. The number of carboxylic acid groups (broad SMARTS) is 1. The van der Waals surface area contributed by atoms with Crippen LogP contribution in [0.5, 0.6) is 0 Å². The fourth-order valence-electron chi connectivity index (χ4n) is 3.55. The Balaban J connectivity index is 1.52. The van der Waals surface area contributed by atoms with Gasteiger partial charge in [-0.15, -0.1) is 0 Å². The van der Waals surface area contributed by atoms with E-state index >= 15 is 0 Å². The molecular formula is C20H25ClFN5O2. The zero-order valence-electron chi connectivity index (χ0n) is 16.2. The maximum atomic E-state index is 13.3. The standard InChI is InChI=1S/C20H25ClFN5O2/c1-27(9-8-20(28)29)15-5-2-13(3-6-15)25-18-11-19(24-12-23-18)26-14-4-7-17(22)16(21)10-14/h4,7,10-13,15H,2-3,5-6,8-9H2,1H3,(H,28,29)(H2,23,24,25,26)/t13-,15-. The highest BCUT2D eigenvalue weighted by Gasteiger charge is 2.24. The Labute approximate surface area is 174 Å². The van der Waals surface area contributed by atoms with Crippen molar-refractivity contribution in [2.45, 2.75) is 44.2 Å². The van der Waals surface area contributed by atoms with Crippen LogP contribution in [0, 0.1) is 5.82 Å². The molecule has 29 heavy (non-hydrogen) atoms. The Morgan fingerprint density at radius 1 is 1.24 bits per heavy atom. The summed E-state index contributed by atoms with van der Waals surface area (Å²) in [5.41, 5.74) is 0.644. The van der Waals surface area contributed by atoms with Gasteiger partial charge in [-0.05, 0) is 50.9 Å². The number of carbonyl (C=O) groups is 1. The van der Waals surface area contributed by atoms with Crippen molar-refractivity contribution >= 4 is 34.9 Å². The molecule has 7 nitrogen and oxygen atoms in total. The third kappa shape index (κ3) is 6.27. The molecule has 3 N–H and O–H groups in total. The number of halogens is 2. The molecule has 1 aliphatic rings. The van der Waals surface area contributed by atoms with Crippen molar-refractivity contribution in [3.8, 4) is 0 Å². The summed E-state index contributed by atoms with van der Waals surface area (Å²) in [6.07, 6.45) is 5.65. The fraction of sp³-hybridized carbons (Fsp3) is 0.450. The summed E-state index contributed by atoms with van der Waals surface area (Å²) in [4.78, 5) is 21.4. The van der Waals surface area contributed by atoms with E-state index in [-0.39, 0.29) is 11.4 Å². The van der Waals surface area contributed by atoms with E-state index < -0.39 is 11.8 Å². The van der Waals surface area contributed by atoms with Gasteiger partial charge in [0, 0.05) is 30.4 Å². The number of nitrogens with one attached hydrogen (secondary N) is 2. The number of aliphatic carboxylic acids is 1. The van der Waals surface area contributed by atoms with Crippen LogP contribution >= 0.6 is 11.6 Å². The smallest absolute Gasteiger partial charge is 0.304 e. The van der Waals surface area contributed by atoms with Crippen molar-refractivity contribution in [2.24, 2.45) is 0 Å². The van der Waals surface area contributed by atoms with Crippen LogP contribution in [0.25, 0.3) is 0 Å². The summed E-state index contributed by atoms with van der Waals surface area (Å²) in [7, 11) is 1.99. The van der Waals surface area contributed by atoms with Gasteiger partial charge in [0.05, 0.1) is 11.4 Å². The lowest BCUT2D eigenvalue weighted by atomic mass is 9.90. The van der Waals surface area contributed by atoms with Gasteiger partial charge in [0.25, 0.3) is 0 Å². The van der Waals surface area contributed by atoms with E-state index in [1.807, 2.05) is 13.1 Å². The van der Waals surface area contributed by atoms with E-state index in [9.17, 15) is 9.18 Å². The van der Waals surface area contributed by atoms with Crippen LogP contribution in [-0.2, 0) is 4.79 Å². The zero-order chi connectivity index (χ0) is 20.8. The summed E-state index contributed by atoms with van der Waals surface area (Å²) in [6.45, 7) is 0.576. The van der Waals surface area contributed by atoms with Crippen LogP contribution in [0.1, 0.15) is 32.1 Å². The van der Waals surface area contributed by atoms with Gasteiger partial charge in [0.15, 0.2) is 0 Å². The van der Waals surface area contributed by atoms with Crippen LogP contribution in [0.2, 0.25) is 5.02 Å². The molecule has 9 heteroatoms. The Hall–Kier alpha value is -2.45. The minimum absolute atomic E-state index is 0.0486. The first-order chi connectivity index (χ1) is 13.9. The molecule has 156 valence electrons. The fourth-order valence-corrected chi connectivity index (χ4v) is 3.73. The number of hydrogen-bond donors (Lipinski definition) is 3. The summed E-state index contributed by atoms with van der Waals surface area (Å²) in [5.74, 6) is 0.0837. The molecule has 1 aromatic heterocycles. The van der Waals surface area contributed by atoms with Crippen molar-refractivity contribution in [1.29, 1.82) is 0 Å². The minimum atomic E-state index is -0.761. The Morgan fingerprint density at radius 2 is 1.97 bits per heavy atom. The van der Waals surface area contributed by atoms with Crippen molar-refractivity contribution in [1.82, 2.24) is 14.9 Å². The highest BCUT2D eigenvalue weighted by molar-refractivity contribution is 6.31. The van der Waals surface area contributed by atoms with Gasteiger partial charge in [0.1, 0.15) is 23.8 Å². The summed E-state index contributed by atoms with van der Waals surface area (Å²) in [6, 6.07) is 6.94. The normalized spacial score (nSPS) is 19.2. The average molecular weight is 422 g/mol. The van der Waals surface area contributed by atoms with Crippen LogP contribution in [0.4, 0.5) is 21.7 Å². The van der Waals surface area contributed by atoms with E-state index in [0.29, 0.717) is 30.1 Å². The van der Waals surface area contributed by atoms with E-state index in [0.717, 1.165) is 31.5 Å². The topological polar surface area (TPSA) is 90.4 Å². The maximum Gasteiger partial charge on any atom is 0.304 e. The third-order valence-corrected chi connectivity index (χ3v) is 5.50. The number of hydrogen-bond acceptors (Lipinski definition) is 6. The SMILES string of the molecule is CN(CCC(=O)O)[C@H]1CC[C@H](Nc2cc(Nc3ccc(F)c(Cl)c3)ncn2)CC1. The quantitative estimate of drug-likeness (QED) is 0.590. The number of anilines is 3. The van der Waals surface area contributed by atoms with Crippen LogP contribution in [-0.4, -0.2) is 51.6 Å². The largest absolute Gasteiger partial charge is 0.481 e. The predicted molar refractivity (Wildman–Crippen MR) is 111 cm³/mol. The molecule has 0 amide bonds. The van der Waals surface area contributed by atoms with E-state index in [4.69, 9.17) is 16.7 Å². The van der Waals surface area contributed by atoms with Gasteiger partial charge in [-0.2, -0.15) is 0 Å². The molecule has 0 unspecified atom stereocenters. The Morgan fingerprint density at radius 3 is 2.66 bits per heavy atom. The molecule has 1 aliphatic carbocycles. The van der Waals surface area contributed by atoms with E-state index in [1.165, 1.54) is 18.5 Å². The molecule has 0 atom stereocenters. The van der Waals surface area contributed by atoms with Crippen molar-refractivity contribution in [3.63, 3.8) is 0 Å². The van der Waals surface area contributed by atoms with Gasteiger partial charge < -0.3 is 20.6 Å². The zero-order valence-corrected chi connectivity index (χ0v) is 17.0. The second-order valence-corrected chi connectivity index (χ2v) is 7.72. The molecule has 0 saturated heterocycles. The minimum Gasteiger partial charge on any atom is -0.481 e. The first kappa shape index (κ1) is 21.3. The molecule has 0 bridgehead atoms. The van der Waals surface area contributed by atoms with Crippen molar-refractivity contribution in [3.05, 3.63) is 41.4 Å². The van der Waals surface area contributed by atoms with Crippen molar-refractivity contribution < 1.29 is 14.3 Å². The molecule has 1 fully saturated rings. The second-order valence-electron chi connectivity index (χ2n) is 7.32. The Bertz CT molecular complexity index is 845. The van der Waals surface area contributed by atoms with Gasteiger partial charge >= 0.3 is 5.97 Å². The lowest BCUT2D eigenvalue weighted by Crippen LogP contribution is -2.39. The lowest BCUT2D eigenvalue weighted by molar-refractivity contribution is -0.137.